The molecule has 3 rings (SSSR count). The van der Waals surface area contributed by atoms with Crippen molar-refractivity contribution in [2.24, 2.45) is 0 Å². The molecule has 0 aliphatic heterocycles. The van der Waals surface area contributed by atoms with Crippen LogP contribution in [0, 0.1) is 0 Å². The maximum atomic E-state index is 12.4. The lowest BCUT2D eigenvalue weighted by molar-refractivity contribution is 0.413. The summed E-state index contributed by atoms with van der Waals surface area (Å²) in [5, 5.41) is 0.714. The highest BCUT2D eigenvalue weighted by Crippen LogP contribution is 2.28. The highest BCUT2D eigenvalue weighted by atomic mass is 32.1. The topological polar surface area (TPSA) is 57.2 Å². The third-order valence-electron chi connectivity index (χ3n) is 2.91. The van der Waals surface area contributed by atoms with Gasteiger partial charge in [-0.15, -0.1) is 0 Å². The SMILES string of the molecule is COc1cc(N)ccc1-n1sc2ccccc2c1=O. The van der Waals surface area contributed by atoms with E-state index in [1.807, 2.05) is 24.3 Å². The van der Waals surface area contributed by atoms with Crippen LogP contribution in [0.3, 0.4) is 0 Å². The number of anilines is 1. The Morgan fingerprint density at radius 3 is 2.74 bits per heavy atom. The zero-order valence-electron chi connectivity index (χ0n) is 10.3. The summed E-state index contributed by atoms with van der Waals surface area (Å²) >= 11 is 1.40. The van der Waals surface area contributed by atoms with Crippen LogP contribution in [-0.4, -0.2) is 11.1 Å². The van der Waals surface area contributed by atoms with Gasteiger partial charge in [-0.05, 0) is 24.3 Å². The van der Waals surface area contributed by atoms with E-state index in [2.05, 4.69) is 0 Å². The van der Waals surface area contributed by atoms with Crippen molar-refractivity contribution in [3.8, 4) is 11.4 Å². The predicted octanol–water partition coefficient (Wildman–Crippen LogP) is 2.64. The number of hydrogen-bond acceptors (Lipinski definition) is 4. The van der Waals surface area contributed by atoms with E-state index in [1.54, 1.807) is 29.3 Å². The lowest BCUT2D eigenvalue weighted by atomic mass is 10.2. The van der Waals surface area contributed by atoms with E-state index in [4.69, 9.17) is 10.5 Å². The number of nitrogen functional groups attached to an aromatic ring is 1. The lowest BCUT2D eigenvalue weighted by Crippen LogP contribution is -2.11. The molecule has 0 unspecified atom stereocenters. The van der Waals surface area contributed by atoms with Gasteiger partial charge in [-0.25, -0.2) is 3.96 Å². The number of aromatic nitrogens is 1. The molecule has 0 saturated carbocycles. The Morgan fingerprint density at radius 2 is 2.00 bits per heavy atom. The number of methoxy groups -OCH3 is 1. The van der Waals surface area contributed by atoms with Gasteiger partial charge in [-0.2, -0.15) is 0 Å². The van der Waals surface area contributed by atoms with E-state index in [-0.39, 0.29) is 5.56 Å². The fraction of sp³-hybridized carbons (Fsp3) is 0.0714. The van der Waals surface area contributed by atoms with E-state index in [0.29, 0.717) is 22.5 Å². The number of nitrogens with zero attached hydrogens (tertiary/aromatic N) is 1. The molecule has 0 amide bonds. The summed E-state index contributed by atoms with van der Waals surface area (Å²) in [6.07, 6.45) is 0. The van der Waals surface area contributed by atoms with Crippen molar-refractivity contribution in [3.63, 3.8) is 0 Å². The Balaban J connectivity index is 2.30. The van der Waals surface area contributed by atoms with Gasteiger partial charge in [0.1, 0.15) is 11.4 Å². The van der Waals surface area contributed by atoms with Crippen LogP contribution in [-0.2, 0) is 0 Å². The molecule has 0 aliphatic rings. The second-order valence-corrected chi connectivity index (χ2v) is 5.11. The molecular weight excluding hydrogens is 260 g/mol. The molecule has 0 saturated heterocycles. The minimum Gasteiger partial charge on any atom is -0.494 e. The average Bonchev–Trinajstić information content (AvgIpc) is 2.76. The molecular formula is C14H12N2O2S. The predicted molar refractivity (Wildman–Crippen MR) is 78.4 cm³/mol. The summed E-state index contributed by atoms with van der Waals surface area (Å²) in [5.41, 5.74) is 7.01. The first-order chi connectivity index (χ1) is 9.20. The minimum atomic E-state index is -0.0383. The summed E-state index contributed by atoms with van der Waals surface area (Å²) in [4.78, 5) is 12.4. The number of benzene rings is 2. The van der Waals surface area contributed by atoms with Gasteiger partial charge in [-0.1, -0.05) is 23.7 Å². The summed E-state index contributed by atoms with van der Waals surface area (Å²) in [6, 6.07) is 12.8. The number of hydrogen-bond donors (Lipinski definition) is 1. The van der Waals surface area contributed by atoms with Crippen LogP contribution >= 0.6 is 11.5 Å². The van der Waals surface area contributed by atoms with Crippen LogP contribution in [0.2, 0.25) is 0 Å². The molecule has 4 nitrogen and oxygen atoms in total. The van der Waals surface area contributed by atoms with Crippen LogP contribution in [0.4, 0.5) is 5.69 Å². The largest absolute Gasteiger partial charge is 0.494 e. The fourth-order valence-corrected chi connectivity index (χ4v) is 3.01. The number of nitrogens with two attached hydrogens (primary N) is 1. The van der Waals surface area contributed by atoms with Gasteiger partial charge in [0.05, 0.1) is 17.2 Å². The van der Waals surface area contributed by atoms with Crippen molar-refractivity contribution < 1.29 is 4.74 Å². The van der Waals surface area contributed by atoms with Crippen molar-refractivity contribution in [1.29, 1.82) is 0 Å². The quantitative estimate of drug-likeness (QED) is 0.730. The maximum Gasteiger partial charge on any atom is 0.273 e. The van der Waals surface area contributed by atoms with Gasteiger partial charge < -0.3 is 10.5 Å². The molecule has 5 heteroatoms. The summed E-state index contributed by atoms with van der Waals surface area (Å²) in [7, 11) is 1.57. The lowest BCUT2D eigenvalue weighted by Gasteiger charge is -2.08. The van der Waals surface area contributed by atoms with Crippen molar-refractivity contribution in [1.82, 2.24) is 3.96 Å². The smallest absolute Gasteiger partial charge is 0.273 e. The maximum absolute atomic E-state index is 12.4. The number of fused-ring (bicyclic) bond motifs is 1. The average molecular weight is 272 g/mol. The van der Waals surface area contributed by atoms with E-state index in [9.17, 15) is 4.79 Å². The Kier molecular flexibility index (Phi) is 2.76. The molecule has 1 heterocycles. The van der Waals surface area contributed by atoms with E-state index < -0.39 is 0 Å². The van der Waals surface area contributed by atoms with Crippen LogP contribution in [0.15, 0.2) is 47.3 Å². The van der Waals surface area contributed by atoms with Gasteiger partial charge >= 0.3 is 0 Å². The molecule has 0 fully saturated rings. The molecule has 19 heavy (non-hydrogen) atoms. The van der Waals surface area contributed by atoms with E-state index >= 15 is 0 Å². The van der Waals surface area contributed by atoms with Crippen LogP contribution in [0.5, 0.6) is 5.75 Å². The molecule has 0 spiro atoms. The second kappa shape index (κ2) is 4.44. The summed E-state index contributed by atoms with van der Waals surface area (Å²) < 4.78 is 7.88. The Bertz CT molecular complexity index is 805. The van der Waals surface area contributed by atoms with Gasteiger partial charge in [0.15, 0.2) is 0 Å². The van der Waals surface area contributed by atoms with Crippen molar-refractivity contribution in [3.05, 3.63) is 52.8 Å². The van der Waals surface area contributed by atoms with Gasteiger partial charge in [0, 0.05) is 11.8 Å². The van der Waals surface area contributed by atoms with Crippen molar-refractivity contribution in [2.75, 3.05) is 12.8 Å². The van der Waals surface area contributed by atoms with Crippen molar-refractivity contribution >= 4 is 27.3 Å². The normalized spacial score (nSPS) is 10.8. The van der Waals surface area contributed by atoms with Crippen LogP contribution in [0.1, 0.15) is 0 Å². The zero-order chi connectivity index (χ0) is 13.4. The van der Waals surface area contributed by atoms with Gasteiger partial charge in [0.2, 0.25) is 0 Å². The van der Waals surface area contributed by atoms with E-state index in [1.165, 1.54) is 11.5 Å². The highest BCUT2D eigenvalue weighted by Gasteiger charge is 2.12. The Labute approximate surface area is 113 Å². The molecule has 96 valence electrons. The van der Waals surface area contributed by atoms with Crippen molar-refractivity contribution in [2.45, 2.75) is 0 Å². The Morgan fingerprint density at radius 1 is 1.21 bits per heavy atom. The molecule has 1 aromatic heterocycles. The van der Waals surface area contributed by atoms with Gasteiger partial charge in [0.25, 0.3) is 5.56 Å². The highest BCUT2D eigenvalue weighted by molar-refractivity contribution is 7.14. The van der Waals surface area contributed by atoms with E-state index in [0.717, 1.165) is 4.70 Å². The first-order valence-electron chi connectivity index (χ1n) is 5.75. The molecule has 0 radical (unpaired) electrons. The molecule has 3 aromatic rings. The molecule has 2 N–H and O–H groups in total. The first-order valence-corrected chi connectivity index (χ1v) is 6.53. The third-order valence-corrected chi connectivity index (χ3v) is 4.01. The van der Waals surface area contributed by atoms with Crippen LogP contribution < -0.4 is 16.0 Å². The third kappa shape index (κ3) is 1.88. The van der Waals surface area contributed by atoms with Gasteiger partial charge in [-0.3, -0.25) is 4.79 Å². The zero-order valence-corrected chi connectivity index (χ0v) is 11.1. The first kappa shape index (κ1) is 11.8. The summed E-state index contributed by atoms with van der Waals surface area (Å²) in [6.45, 7) is 0. The number of ether oxygens (including phenoxy) is 1. The molecule has 0 bridgehead atoms. The molecule has 0 atom stereocenters. The Hall–Kier alpha value is -2.27. The summed E-state index contributed by atoms with van der Waals surface area (Å²) in [5.74, 6) is 0.591. The van der Waals surface area contributed by atoms with Crippen LogP contribution in [0.25, 0.3) is 15.8 Å². The second-order valence-electron chi connectivity index (χ2n) is 4.12. The molecule has 0 aliphatic carbocycles. The fourth-order valence-electron chi connectivity index (χ4n) is 1.99. The molecule has 2 aromatic carbocycles. The number of rotatable bonds is 2. The minimum absolute atomic E-state index is 0.0383. The monoisotopic (exact) mass is 272 g/mol. The standard InChI is InChI=1S/C14H12N2O2S/c1-18-12-8-9(15)6-7-11(12)16-14(17)10-4-2-3-5-13(10)19-16/h2-8H,15H2,1H3.